The third-order valence-corrected chi connectivity index (χ3v) is 4.63. The van der Waals surface area contributed by atoms with Gasteiger partial charge in [0.2, 0.25) is 5.91 Å². The Morgan fingerprint density at radius 1 is 1.03 bits per heavy atom. The van der Waals surface area contributed by atoms with E-state index in [1.165, 1.54) is 5.69 Å². The molecule has 7 nitrogen and oxygen atoms in total. The minimum absolute atomic E-state index is 0. The van der Waals surface area contributed by atoms with Crippen molar-refractivity contribution in [3.63, 3.8) is 0 Å². The molecule has 2 aromatic rings. The summed E-state index contributed by atoms with van der Waals surface area (Å²) in [6, 6.07) is 16.1. The van der Waals surface area contributed by atoms with Crippen molar-refractivity contribution in [2.75, 3.05) is 44.2 Å². The molecule has 1 fully saturated rings. The molecule has 0 spiro atoms. The molecule has 8 heteroatoms. The fraction of sp³-hybridized carbons (Fsp3) is 0.381. The van der Waals surface area contributed by atoms with E-state index in [0.717, 1.165) is 38.4 Å². The maximum Gasteiger partial charge on any atom is 0.242 e. The number of pyridine rings is 1. The highest BCUT2D eigenvalue weighted by Crippen LogP contribution is 2.15. The summed E-state index contributed by atoms with van der Waals surface area (Å²) in [4.78, 5) is 25.6. The first-order valence-electron chi connectivity index (χ1n) is 9.76. The second kappa shape index (κ2) is 12.3. The van der Waals surface area contributed by atoms with E-state index in [-0.39, 0.29) is 36.4 Å². The molecule has 0 saturated carbocycles. The standard InChI is InChI=1S/C21H28N6O.HI/c1-2-22-21(24-16-18-8-6-7-11-23-18)25-17-20(28)27-14-12-26(13-15-27)19-9-4-3-5-10-19;/h3-11H,2,12-17H2,1H3,(H2,22,24,25);1H. The molecule has 29 heavy (non-hydrogen) atoms. The fourth-order valence-corrected chi connectivity index (χ4v) is 3.12. The van der Waals surface area contributed by atoms with Crippen LogP contribution in [0, 0.1) is 0 Å². The van der Waals surface area contributed by atoms with Gasteiger partial charge < -0.3 is 20.4 Å². The number of carbonyl (C=O) groups is 1. The zero-order valence-electron chi connectivity index (χ0n) is 16.8. The molecule has 2 heterocycles. The summed E-state index contributed by atoms with van der Waals surface area (Å²) < 4.78 is 0. The number of para-hydroxylation sites is 1. The second-order valence-electron chi connectivity index (χ2n) is 6.57. The van der Waals surface area contributed by atoms with Crippen LogP contribution in [-0.4, -0.2) is 61.0 Å². The molecule has 156 valence electrons. The number of hydrogen-bond donors (Lipinski definition) is 2. The summed E-state index contributed by atoms with van der Waals surface area (Å²) in [6.45, 7) is 6.61. The summed E-state index contributed by atoms with van der Waals surface area (Å²) in [5.41, 5.74) is 2.10. The van der Waals surface area contributed by atoms with Gasteiger partial charge in [-0.05, 0) is 31.2 Å². The molecule has 3 rings (SSSR count). The van der Waals surface area contributed by atoms with Gasteiger partial charge in [0, 0.05) is 44.6 Å². The topological polar surface area (TPSA) is 72.9 Å². The first-order valence-corrected chi connectivity index (χ1v) is 9.76. The van der Waals surface area contributed by atoms with Crippen molar-refractivity contribution in [3.05, 3.63) is 60.4 Å². The normalized spacial score (nSPS) is 14.2. The molecule has 0 bridgehead atoms. The Kier molecular flexibility index (Phi) is 9.69. The van der Waals surface area contributed by atoms with Gasteiger partial charge in [-0.25, -0.2) is 4.99 Å². The van der Waals surface area contributed by atoms with Crippen LogP contribution in [0.3, 0.4) is 0 Å². The number of hydrogen-bond acceptors (Lipinski definition) is 4. The van der Waals surface area contributed by atoms with Gasteiger partial charge in [0.15, 0.2) is 5.96 Å². The predicted octanol–water partition coefficient (Wildman–Crippen LogP) is 2.10. The van der Waals surface area contributed by atoms with E-state index < -0.39 is 0 Å². The lowest BCUT2D eigenvalue weighted by Gasteiger charge is -2.36. The second-order valence-corrected chi connectivity index (χ2v) is 6.57. The maximum atomic E-state index is 12.6. The highest BCUT2D eigenvalue weighted by Gasteiger charge is 2.21. The number of aliphatic imine (C=N–C) groups is 1. The molecule has 1 amide bonds. The molecule has 1 aliphatic rings. The third kappa shape index (κ3) is 7.19. The van der Waals surface area contributed by atoms with E-state index in [1.54, 1.807) is 6.20 Å². The number of nitrogens with zero attached hydrogens (tertiary/aromatic N) is 4. The molecule has 0 atom stereocenters. The number of halogens is 1. The van der Waals surface area contributed by atoms with Crippen LogP contribution in [0.5, 0.6) is 0 Å². The molecule has 1 saturated heterocycles. The number of anilines is 1. The van der Waals surface area contributed by atoms with E-state index in [9.17, 15) is 4.79 Å². The molecule has 1 aromatic carbocycles. The Balaban J connectivity index is 0.00000300. The number of guanidine groups is 1. The van der Waals surface area contributed by atoms with E-state index in [2.05, 4.69) is 37.6 Å². The lowest BCUT2D eigenvalue weighted by molar-refractivity contribution is -0.130. The minimum Gasteiger partial charge on any atom is -0.368 e. The number of rotatable bonds is 6. The van der Waals surface area contributed by atoms with Gasteiger partial charge in [-0.15, -0.1) is 24.0 Å². The average molecular weight is 508 g/mol. The van der Waals surface area contributed by atoms with Crippen molar-refractivity contribution in [2.24, 2.45) is 4.99 Å². The zero-order valence-corrected chi connectivity index (χ0v) is 19.1. The summed E-state index contributed by atoms with van der Waals surface area (Å²) in [5.74, 6) is 0.723. The van der Waals surface area contributed by atoms with E-state index >= 15 is 0 Å². The molecule has 0 radical (unpaired) electrons. The van der Waals surface area contributed by atoms with Crippen LogP contribution < -0.4 is 15.5 Å². The molecule has 0 unspecified atom stereocenters. The van der Waals surface area contributed by atoms with Crippen molar-refractivity contribution in [3.8, 4) is 0 Å². The van der Waals surface area contributed by atoms with E-state index in [0.29, 0.717) is 12.5 Å². The minimum atomic E-state index is 0. The average Bonchev–Trinajstić information content (AvgIpc) is 2.77. The molecule has 1 aliphatic heterocycles. The Morgan fingerprint density at radius 2 is 1.76 bits per heavy atom. The number of carbonyl (C=O) groups excluding carboxylic acids is 1. The van der Waals surface area contributed by atoms with Crippen LogP contribution in [-0.2, 0) is 11.3 Å². The Hall–Kier alpha value is -2.36. The van der Waals surface area contributed by atoms with Crippen molar-refractivity contribution in [1.82, 2.24) is 20.5 Å². The first kappa shape index (κ1) is 22.9. The van der Waals surface area contributed by atoms with Gasteiger partial charge in [0.1, 0.15) is 0 Å². The number of piperazine rings is 1. The SMILES string of the molecule is CCNC(=NCc1ccccn1)NCC(=O)N1CCN(c2ccccc2)CC1.I. The van der Waals surface area contributed by atoms with Crippen molar-refractivity contribution < 1.29 is 4.79 Å². The number of amides is 1. The lowest BCUT2D eigenvalue weighted by Crippen LogP contribution is -2.52. The highest BCUT2D eigenvalue weighted by molar-refractivity contribution is 14.0. The van der Waals surface area contributed by atoms with Crippen LogP contribution in [0.15, 0.2) is 59.7 Å². The van der Waals surface area contributed by atoms with E-state index in [1.807, 2.05) is 48.2 Å². The molecule has 0 aliphatic carbocycles. The monoisotopic (exact) mass is 508 g/mol. The van der Waals surface area contributed by atoms with Gasteiger partial charge >= 0.3 is 0 Å². The fourth-order valence-electron chi connectivity index (χ4n) is 3.12. The van der Waals surface area contributed by atoms with Crippen molar-refractivity contribution >= 4 is 41.5 Å². The quantitative estimate of drug-likeness (QED) is 0.356. The largest absolute Gasteiger partial charge is 0.368 e. The summed E-state index contributed by atoms with van der Waals surface area (Å²) in [6.07, 6.45) is 1.75. The Bertz CT molecular complexity index is 763. The lowest BCUT2D eigenvalue weighted by atomic mass is 10.2. The smallest absolute Gasteiger partial charge is 0.242 e. The third-order valence-electron chi connectivity index (χ3n) is 4.63. The summed E-state index contributed by atoms with van der Waals surface area (Å²) >= 11 is 0. The van der Waals surface area contributed by atoms with Gasteiger partial charge in [-0.3, -0.25) is 9.78 Å². The summed E-state index contributed by atoms with van der Waals surface area (Å²) in [5, 5.41) is 6.31. The van der Waals surface area contributed by atoms with Gasteiger partial charge in [-0.2, -0.15) is 0 Å². The molecule has 1 aromatic heterocycles. The van der Waals surface area contributed by atoms with Crippen LogP contribution >= 0.6 is 24.0 Å². The number of nitrogens with one attached hydrogen (secondary N) is 2. The van der Waals surface area contributed by atoms with E-state index in [4.69, 9.17) is 0 Å². The Morgan fingerprint density at radius 3 is 2.41 bits per heavy atom. The zero-order chi connectivity index (χ0) is 19.6. The molecular formula is C21H29IN6O. The van der Waals surface area contributed by atoms with Gasteiger partial charge in [-0.1, -0.05) is 24.3 Å². The van der Waals surface area contributed by atoms with Crippen LogP contribution in [0.2, 0.25) is 0 Å². The van der Waals surface area contributed by atoms with Gasteiger partial charge in [0.25, 0.3) is 0 Å². The van der Waals surface area contributed by atoms with Crippen LogP contribution in [0.4, 0.5) is 5.69 Å². The molecule has 2 N–H and O–H groups in total. The van der Waals surface area contributed by atoms with Crippen molar-refractivity contribution in [2.45, 2.75) is 13.5 Å². The summed E-state index contributed by atoms with van der Waals surface area (Å²) in [7, 11) is 0. The van der Waals surface area contributed by atoms with Crippen molar-refractivity contribution in [1.29, 1.82) is 0 Å². The Labute approximate surface area is 189 Å². The molecular weight excluding hydrogens is 479 g/mol. The number of benzene rings is 1. The number of aromatic nitrogens is 1. The first-order chi connectivity index (χ1) is 13.8. The highest BCUT2D eigenvalue weighted by atomic mass is 127. The van der Waals surface area contributed by atoms with Gasteiger partial charge in [0.05, 0.1) is 18.8 Å². The van der Waals surface area contributed by atoms with Crippen LogP contribution in [0.1, 0.15) is 12.6 Å². The van der Waals surface area contributed by atoms with Crippen LogP contribution in [0.25, 0.3) is 0 Å². The maximum absolute atomic E-state index is 12.6. The predicted molar refractivity (Wildman–Crippen MR) is 128 cm³/mol.